The van der Waals surface area contributed by atoms with Crippen LogP contribution in [-0.4, -0.2) is 22.6 Å². The molecule has 0 saturated heterocycles. The molecule has 1 unspecified atom stereocenters. The van der Waals surface area contributed by atoms with E-state index >= 15 is 0 Å². The molecule has 1 heterocycles. The third kappa shape index (κ3) is 2.51. The second-order valence-corrected chi connectivity index (χ2v) is 4.80. The number of aliphatic hydroxyl groups excluding tert-OH is 1. The molecule has 2 rings (SSSR count). The zero-order valence-electron chi connectivity index (χ0n) is 9.31. The van der Waals surface area contributed by atoms with E-state index in [9.17, 15) is 0 Å². The van der Waals surface area contributed by atoms with Crippen LogP contribution in [0, 0.1) is 5.92 Å². The van der Waals surface area contributed by atoms with Crippen LogP contribution in [0.2, 0.25) is 0 Å². The van der Waals surface area contributed by atoms with Crippen LogP contribution >= 0.6 is 11.5 Å². The van der Waals surface area contributed by atoms with E-state index in [1.165, 1.54) is 16.9 Å². The Morgan fingerprint density at radius 1 is 1.44 bits per heavy atom. The van der Waals surface area contributed by atoms with Crippen molar-refractivity contribution in [2.24, 2.45) is 5.92 Å². The number of anilines is 1. The van der Waals surface area contributed by atoms with Crippen LogP contribution in [0.3, 0.4) is 0 Å². The van der Waals surface area contributed by atoms with Crippen LogP contribution in [0.5, 0.6) is 0 Å². The minimum Gasteiger partial charge on any atom is -0.396 e. The number of aromatic nitrogens is 1. The van der Waals surface area contributed by atoms with Gasteiger partial charge in [-0.2, -0.15) is 4.37 Å². The average Bonchev–Trinajstić information content (AvgIpc) is 2.70. The molecule has 2 N–H and O–H groups in total. The minimum atomic E-state index is 0.256. The van der Waals surface area contributed by atoms with Crippen LogP contribution < -0.4 is 5.32 Å². The molecular weight excluding hydrogens is 220 g/mol. The number of benzene rings is 1. The molecule has 0 spiro atoms. The lowest BCUT2D eigenvalue weighted by molar-refractivity contribution is 0.266. The monoisotopic (exact) mass is 236 g/mol. The number of fused-ring (bicyclic) bond motifs is 1. The zero-order valence-corrected chi connectivity index (χ0v) is 10.1. The van der Waals surface area contributed by atoms with E-state index in [1.807, 2.05) is 18.2 Å². The van der Waals surface area contributed by atoms with Gasteiger partial charge in [0.15, 0.2) is 0 Å². The van der Waals surface area contributed by atoms with Gasteiger partial charge in [0, 0.05) is 18.5 Å². The van der Waals surface area contributed by atoms with Gasteiger partial charge in [-0.25, -0.2) is 0 Å². The maximum Gasteiger partial charge on any atom is 0.117 e. The molecule has 1 aromatic heterocycles. The molecule has 3 nitrogen and oxygen atoms in total. The summed E-state index contributed by atoms with van der Waals surface area (Å²) in [7, 11) is 0. The molecule has 86 valence electrons. The normalized spacial score (nSPS) is 12.9. The highest BCUT2D eigenvalue weighted by Crippen LogP contribution is 2.27. The Morgan fingerprint density at radius 3 is 3.06 bits per heavy atom. The van der Waals surface area contributed by atoms with E-state index in [4.69, 9.17) is 5.11 Å². The molecule has 0 aliphatic heterocycles. The van der Waals surface area contributed by atoms with Crippen LogP contribution in [0.4, 0.5) is 5.00 Å². The van der Waals surface area contributed by atoms with Crippen LogP contribution in [0.15, 0.2) is 24.3 Å². The first-order valence-corrected chi connectivity index (χ1v) is 6.27. The second kappa shape index (κ2) is 5.27. The third-order valence-corrected chi connectivity index (χ3v) is 3.45. The van der Waals surface area contributed by atoms with Crippen molar-refractivity contribution in [2.45, 2.75) is 13.3 Å². The number of rotatable bonds is 5. The van der Waals surface area contributed by atoms with Crippen LogP contribution in [0.1, 0.15) is 13.3 Å². The quantitative estimate of drug-likeness (QED) is 0.839. The summed E-state index contributed by atoms with van der Waals surface area (Å²) in [5, 5.41) is 14.5. The molecule has 2 aromatic rings. The summed E-state index contributed by atoms with van der Waals surface area (Å²) in [6.45, 7) is 3.27. The number of nitrogens with one attached hydrogen (secondary N) is 1. The highest BCUT2D eigenvalue weighted by molar-refractivity contribution is 7.11. The summed E-state index contributed by atoms with van der Waals surface area (Å²) < 4.78 is 4.37. The van der Waals surface area contributed by atoms with Gasteiger partial charge in [0.1, 0.15) is 5.00 Å². The van der Waals surface area contributed by atoms with E-state index in [-0.39, 0.29) is 6.61 Å². The summed E-state index contributed by atoms with van der Waals surface area (Å²) in [4.78, 5) is 0. The lowest BCUT2D eigenvalue weighted by Crippen LogP contribution is -2.11. The Hall–Kier alpha value is -1.13. The lowest BCUT2D eigenvalue weighted by atomic mass is 10.1. The number of hydrogen-bond donors (Lipinski definition) is 2. The first-order valence-electron chi connectivity index (χ1n) is 5.50. The summed E-state index contributed by atoms with van der Waals surface area (Å²) in [5.41, 5.74) is 1.05. The second-order valence-electron chi connectivity index (χ2n) is 4.03. The fraction of sp³-hybridized carbons (Fsp3) is 0.417. The molecule has 16 heavy (non-hydrogen) atoms. The molecule has 0 fully saturated rings. The molecule has 0 aliphatic carbocycles. The van der Waals surface area contributed by atoms with Gasteiger partial charge in [-0.1, -0.05) is 19.1 Å². The summed E-state index contributed by atoms with van der Waals surface area (Å²) in [6, 6.07) is 8.13. The molecule has 0 bridgehead atoms. The maximum atomic E-state index is 8.83. The topological polar surface area (TPSA) is 45.1 Å². The lowest BCUT2D eigenvalue weighted by Gasteiger charge is -2.10. The first kappa shape index (κ1) is 11.4. The van der Waals surface area contributed by atoms with E-state index in [1.54, 1.807) is 0 Å². The number of aliphatic hydroxyl groups is 1. The summed E-state index contributed by atoms with van der Waals surface area (Å²) in [5.74, 6) is 0.478. The Balaban J connectivity index is 2.04. The molecule has 1 aromatic carbocycles. The van der Waals surface area contributed by atoms with Crippen molar-refractivity contribution in [3.8, 4) is 0 Å². The molecule has 0 radical (unpaired) electrons. The Labute approximate surface area is 99.3 Å². The Kier molecular flexibility index (Phi) is 3.74. The van der Waals surface area contributed by atoms with Crippen molar-refractivity contribution in [2.75, 3.05) is 18.5 Å². The molecule has 0 amide bonds. The number of nitrogens with zero attached hydrogens (tertiary/aromatic N) is 1. The maximum absolute atomic E-state index is 8.83. The Morgan fingerprint density at radius 2 is 2.25 bits per heavy atom. The highest BCUT2D eigenvalue weighted by atomic mass is 32.1. The van der Waals surface area contributed by atoms with Crippen molar-refractivity contribution in [3.63, 3.8) is 0 Å². The zero-order chi connectivity index (χ0) is 11.4. The van der Waals surface area contributed by atoms with Crippen LogP contribution in [0.25, 0.3) is 10.9 Å². The smallest absolute Gasteiger partial charge is 0.117 e. The molecule has 1 atom stereocenters. The predicted octanol–water partition coefficient (Wildman–Crippen LogP) is 2.73. The van der Waals surface area contributed by atoms with Gasteiger partial charge < -0.3 is 10.4 Å². The fourth-order valence-corrected chi connectivity index (χ4v) is 2.37. The van der Waals surface area contributed by atoms with E-state index in [0.29, 0.717) is 5.92 Å². The van der Waals surface area contributed by atoms with Gasteiger partial charge in [0.2, 0.25) is 0 Å². The van der Waals surface area contributed by atoms with E-state index < -0.39 is 0 Å². The molecule has 0 aliphatic rings. The largest absolute Gasteiger partial charge is 0.396 e. The fourth-order valence-electron chi connectivity index (χ4n) is 1.61. The van der Waals surface area contributed by atoms with Crippen molar-refractivity contribution >= 4 is 27.4 Å². The standard InChI is InChI=1S/C12H16N2OS/c1-9(6-7-15)8-13-12-10-4-2-3-5-11(10)14-16-12/h2-5,9,13,15H,6-8H2,1H3. The van der Waals surface area contributed by atoms with Crippen molar-refractivity contribution < 1.29 is 5.11 Å². The van der Waals surface area contributed by atoms with Gasteiger partial charge in [-0.15, -0.1) is 0 Å². The molecule has 4 heteroatoms. The first-order chi connectivity index (χ1) is 7.81. The van der Waals surface area contributed by atoms with Crippen LogP contribution in [-0.2, 0) is 0 Å². The molecular formula is C12H16N2OS. The van der Waals surface area contributed by atoms with E-state index in [0.717, 1.165) is 23.5 Å². The van der Waals surface area contributed by atoms with E-state index in [2.05, 4.69) is 22.7 Å². The van der Waals surface area contributed by atoms with Gasteiger partial charge in [-0.05, 0) is 36.0 Å². The molecule has 0 saturated carbocycles. The van der Waals surface area contributed by atoms with Gasteiger partial charge in [-0.3, -0.25) is 0 Å². The average molecular weight is 236 g/mol. The Bertz CT molecular complexity index is 455. The highest BCUT2D eigenvalue weighted by Gasteiger charge is 2.06. The summed E-state index contributed by atoms with van der Waals surface area (Å²) in [6.07, 6.45) is 0.837. The van der Waals surface area contributed by atoms with Gasteiger partial charge in [0.05, 0.1) is 5.52 Å². The minimum absolute atomic E-state index is 0.256. The van der Waals surface area contributed by atoms with Gasteiger partial charge in [0.25, 0.3) is 0 Å². The van der Waals surface area contributed by atoms with Crippen molar-refractivity contribution in [1.29, 1.82) is 0 Å². The van der Waals surface area contributed by atoms with Crippen molar-refractivity contribution in [3.05, 3.63) is 24.3 Å². The SMILES string of the molecule is CC(CCO)CNc1snc2ccccc12. The van der Waals surface area contributed by atoms with Gasteiger partial charge >= 0.3 is 0 Å². The predicted molar refractivity (Wildman–Crippen MR) is 69.0 cm³/mol. The number of hydrogen-bond acceptors (Lipinski definition) is 4. The summed E-state index contributed by atoms with van der Waals surface area (Å²) >= 11 is 1.50. The third-order valence-electron chi connectivity index (χ3n) is 2.62. The van der Waals surface area contributed by atoms with Crippen molar-refractivity contribution in [1.82, 2.24) is 4.37 Å².